The zero-order valence-corrected chi connectivity index (χ0v) is 13.7. The maximum absolute atomic E-state index is 13.1. The molecule has 1 fully saturated rings. The number of aryl methyl sites for hydroxylation is 1. The van der Waals surface area contributed by atoms with E-state index in [1.165, 1.54) is 12.1 Å². The molecule has 0 bridgehead atoms. The lowest BCUT2D eigenvalue weighted by Gasteiger charge is -2.25. The first kappa shape index (κ1) is 15.9. The molecule has 2 N–H and O–H groups in total. The van der Waals surface area contributed by atoms with E-state index in [-0.39, 0.29) is 5.82 Å². The van der Waals surface area contributed by atoms with E-state index in [0.29, 0.717) is 11.9 Å². The molecule has 2 aromatic rings. The van der Waals surface area contributed by atoms with Crippen LogP contribution in [0, 0.1) is 12.7 Å². The van der Waals surface area contributed by atoms with Gasteiger partial charge in [-0.15, -0.1) is 0 Å². The number of piperidine rings is 1. The van der Waals surface area contributed by atoms with Crippen LogP contribution in [0.4, 0.5) is 10.2 Å². The van der Waals surface area contributed by atoms with E-state index in [1.807, 2.05) is 6.92 Å². The van der Waals surface area contributed by atoms with Crippen molar-refractivity contribution in [2.45, 2.75) is 39.2 Å². The third-order valence-corrected chi connectivity index (χ3v) is 4.35. The molecule has 1 aliphatic rings. The van der Waals surface area contributed by atoms with Gasteiger partial charge in [0.25, 0.3) is 0 Å². The summed E-state index contributed by atoms with van der Waals surface area (Å²) in [4.78, 5) is 9.35. The standard InChI is InChI=1S/C18H23FN4/c1-3-16-12(2)21-17(13-4-6-14(19)7-5-13)23-18(16)22-15-8-10-20-11-9-15/h4-7,15,20H,3,8-11H2,1-2H3,(H,21,22,23). The predicted molar refractivity (Wildman–Crippen MR) is 91.1 cm³/mol. The van der Waals surface area contributed by atoms with Gasteiger partial charge in [-0.1, -0.05) is 6.92 Å². The Kier molecular flexibility index (Phi) is 4.86. The molecule has 23 heavy (non-hydrogen) atoms. The zero-order valence-electron chi connectivity index (χ0n) is 13.7. The Balaban J connectivity index is 1.94. The number of nitrogens with zero attached hydrogens (tertiary/aromatic N) is 2. The fourth-order valence-corrected chi connectivity index (χ4v) is 3.03. The highest BCUT2D eigenvalue weighted by Gasteiger charge is 2.17. The summed E-state index contributed by atoms with van der Waals surface area (Å²) in [6.45, 7) is 6.21. The number of aromatic nitrogens is 2. The summed E-state index contributed by atoms with van der Waals surface area (Å²) >= 11 is 0. The van der Waals surface area contributed by atoms with Crippen LogP contribution in [0.2, 0.25) is 0 Å². The quantitative estimate of drug-likeness (QED) is 0.909. The van der Waals surface area contributed by atoms with Gasteiger partial charge in [0.15, 0.2) is 5.82 Å². The average molecular weight is 314 g/mol. The molecule has 0 radical (unpaired) electrons. The van der Waals surface area contributed by atoms with Gasteiger partial charge in [0.1, 0.15) is 11.6 Å². The van der Waals surface area contributed by atoms with Crippen LogP contribution in [0.5, 0.6) is 0 Å². The van der Waals surface area contributed by atoms with Crippen LogP contribution in [0.3, 0.4) is 0 Å². The minimum atomic E-state index is -0.247. The van der Waals surface area contributed by atoms with Crippen LogP contribution >= 0.6 is 0 Å². The van der Waals surface area contributed by atoms with Crippen molar-refractivity contribution in [2.24, 2.45) is 0 Å². The molecule has 122 valence electrons. The number of halogens is 1. The number of hydrogen-bond donors (Lipinski definition) is 2. The fourth-order valence-electron chi connectivity index (χ4n) is 3.03. The van der Waals surface area contributed by atoms with Gasteiger partial charge in [0, 0.05) is 22.9 Å². The van der Waals surface area contributed by atoms with Crippen LogP contribution in [0.25, 0.3) is 11.4 Å². The molecule has 1 aromatic heterocycles. The normalized spacial score (nSPS) is 15.6. The van der Waals surface area contributed by atoms with E-state index in [1.54, 1.807) is 12.1 Å². The first-order valence-electron chi connectivity index (χ1n) is 8.28. The summed E-state index contributed by atoms with van der Waals surface area (Å²) in [5.74, 6) is 1.33. The molecule has 0 amide bonds. The number of anilines is 1. The minimum Gasteiger partial charge on any atom is -0.367 e. The Morgan fingerprint density at radius 1 is 1.17 bits per heavy atom. The summed E-state index contributed by atoms with van der Waals surface area (Å²) in [6.07, 6.45) is 3.08. The van der Waals surface area contributed by atoms with Crippen LogP contribution in [0.1, 0.15) is 31.0 Å². The monoisotopic (exact) mass is 314 g/mol. The Morgan fingerprint density at radius 3 is 2.52 bits per heavy atom. The third-order valence-electron chi connectivity index (χ3n) is 4.35. The van der Waals surface area contributed by atoms with Crippen LogP contribution in [-0.4, -0.2) is 29.1 Å². The minimum absolute atomic E-state index is 0.247. The van der Waals surface area contributed by atoms with Gasteiger partial charge in [0.2, 0.25) is 0 Å². The first-order chi connectivity index (χ1) is 11.2. The first-order valence-corrected chi connectivity index (χ1v) is 8.28. The lowest BCUT2D eigenvalue weighted by atomic mass is 10.1. The van der Waals surface area contributed by atoms with Gasteiger partial charge in [-0.05, 0) is 63.5 Å². The Labute approximate surface area is 136 Å². The maximum Gasteiger partial charge on any atom is 0.161 e. The van der Waals surface area contributed by atoms with Crippen molar-refractivity contribution in [3.05, 3.63) is 41.3 Å². The van der Waals surface area contributed by atoms with Crippen molar-refractivity contribution in [3.8, 4) is 11.4 Å². The highest BCUT2D eigenvalue weighted by molar-refractivity contribution is 5.60. The predicted octanol–water partition coefficient (Wildman–Crippen LogP) is 3.32. The van der Waals surface area contributed by atoms with Crippen molar-refractivity contribution < 1.29 is 4.39 Å². The van der Waals surface area contributed by atoms with Gasteiger partial charge in [-0.3, -0.25) is 0 Å². The fraction of sp³-hybridized carbons (Fsp3) is 0.444. The lowest BCUT2D eigenvalue weighted by molar-refractivity contribution is 0.478. The molecule has 0 unspecified atom stereocenters. The summed E-state index contributed by atoms with van der Waals surface area (Å²) in [5.41, 5.74) is 2.98. The van der Waals surface area contributed by atoms with E-state index in [2.05, 4.69) is 22.5 Å². The smallest absolute Gasteiger partial charge is 0.161 e. The maximum atomic E-state index is 13.1. The lowest BCUT2D eigenvalue weighted by Crippen LogP contribution is -2.35. The van der Waals surface area contributed by atoms with E-state index < -0.39 is 0 Å². The molecular formula is C18H23FN4. The number of nitrogens with one attached hydrogen (secondary N) is 2. The highest BCUT2D eigenvalue weighted by atomic mass is 19.1. The molecule has 1 saturated heterocycles. The SMILES string of the molecule is CCc1c(C)nc(-c2ccc(F)cc2)nc1NC1CCNCC1. The van der Waals surface area contributed by atoms with Crippen molar-refractivity contribution >= 4 is 5.82 Å². The van der Waals surface area contributed by atoms with Crippen molar-refractivity contribution in [1.82, 2.24) is 15.3 Å². The van der Waals surface area contributed by atoms with Gasteiger partial charge in [-0.2, -0.15) is 0 Å². The Morgan fingerprint density at radius 2 is 1.87 bits per heavy atom. The van der Waals surface area contributed by atoms with Gasteiger partial charge < -0.3 is 10.6 Å². The summed E-state index contributed by atoms with van der Waals surface area (Å²) in [5, 5.41) is 6.97. The summed E-state index contributed by atoms with van der Waals surface area (Å²) in [7, 11) is 0. The molecule has 1 aromatic carbocycles. The van der Waals surface area contributed by atoms with Crippen LogP contribution in [-0.2, 0) is 6.42 Å². The molecule has 2 heterocycles. The second-order valence-corrected chi connectivity index (χ2v) is 5.99. The largest absolute Gasteiger partial charge is 0.367 e. The zero-order chi connectivity index (χ0) is 16.2. The third kappa shape index (κ3) is 3.67. The highest BCUT2D eigenvalue weighted by Crippen LogP contribution is 2.24. The second-order valence-electron chi connectivity index (χ2n) is 5.99. The van der Waals surface area contributed by atoms with Gasteiger partial charge in [-0.25, -0.2) is 14.4 Å². The molecule has 0 aliphatic carbocycles. The number of rotatable bonds is 4. The van der Waals surface area contributed by atoms with E-state index >= 15 is 0 Å². The Hall–Kier alpha value is -2.01. The van der Waals surface area contributed by atoms with E-state index in [4.69, 9.17) is 4.98 Å². The number of hydrogen-bond acceptors (Lipinski definition) is 4. The molecule has 0 spiro atoms. The van der Waals surface area contributed by atoms with Gasteiger partial charge >= 0.3 is 0 Å². The molecule has 0 saturated carbocycles. The molecular weight excluding hydrogens is 291 g/mol. The molecule has 4 nitrogen and oxygen atoms in total. The second kappa shape index (κ2) is 7.04. The molecule has 5 heteroatoms. The average Bonchev–Trinajstić information content (AvgIpc) is 2.56. The number of benzene rings is 1. The van der Waals surface area contributed by atoms with Crippen molar-refractivity contribution in [1.29, 1.82) is 0 Å². The van der Waals surface area contributed by atoms with E-state index in [9.17, 15) is 4.39 Å². The Bertz CT molecular complexity index is 663. The van der Waals surface area contributed by atoms with Gasteiger partial charge in [0.05, 0.1) is 0 Å². The molecule has 3 rings (SSSR count). The molecule has 0 atom stereocenters. The van der Waals surface area contributed by atoms with Crippen molar-refractivity contribution in [3.63, 3.8) is 0 Å². The molecule has 1 aliphatic heterocycles. The summed E-state index contributed by atoms with van der Waals surface area (Å²) < 4.78 is 13.1. The van der Waals surface area contributed by atoms with E-state index in [0.717, 1.165) is 55.0 Å². The topological polar surface area (TPSA) is 49.8 Å². The van der Waals surface area contributed by atoms with Crippen molar-refractivity contribution in [2.75, 3.05) is 18.4 Å². The van der Waals surface area contributed by atoms with Crippen LogP contribution < -0.4 is 10.6 Å². The van der Waals surface area contributed by atoms with Crippen LogP contribution in [0.15, 0.2) is 24.3 Å². The summed E-state index contributed by atoms with van der Waals surface area (Å²) in [6, 6.07) is 6.79.